The topological polar surface area (TPSA) is 94.2 Å². The minimum atomic E-state index is -3.76. The van der Waals surface area contributed by atoms with E-state index in [0.717, 1.165) is 0 Å². The summed E-state index contributed by atoms with van der Waals surface area (Å²) in [6, 6.07) is 11.3. The van der Waals surface area contributed by atoms with Crippen LogP contribution in [0.3, 0.4) is 0 Å². The molecule has 28 heavy (non-hydrogen) atoms. The molecule has 2 aromatic rings. The lowest BCUT2D eigenvalue weighted by Gasteiger charge is -2.19. The predicted molar refractivity (Wildman–Crippen MR) is 106 cm³/mol. The highest BCUT2D eigenvalue weighted by molar-refractivity contribution is 7.89. The number of rotatable bonds is 9. The summed E-state index contributed by atoms with van der Waals surface area (Å²) < 4.78 is 42.6. The third-order valence-electron chi connectivity index (χ3n) is 3.92. The SMILES string of the molecule is COc1ccc(OCCN(C)S(=O)(=O)c2ccc(OC)c(NC(C)=O)c2)cc1. The van der Waals surface area contributed by atoms with Crippen molar-refractivity contribution in [1.29, 1.82) is 0 Å². The zero-order chi connectivity index (χ0) is 20.7. The van der Waals surface area contributed by atoms with Crippen LogP contribution in [-0.2, 0) is 14.8 Å². The maximum atomic E-state index is 12.8. The Morgan fingerprint density at radius 3 is 2.25 bits per heavy atom. The van der Waals surface area contributed by atoms with Crippen LogP contribution in [0.15, 0.2) is 47.4 Å². The monoisotopic (exact) mass is 408 g/mol. The molecule has 0 fully saturated rings. The number of nitrogens with zero attached hydrogens (tertiary/aromatic N) is 1. The molecule has 0 spiro atoms. The Bertz CT molecular complexity index is 913. The van der Waals surface area contributed by atoms with Crippen LogP contribution in [0.5, 0.6) is 17.2 Å². The van der Waals surface area contributed by atoms with Gasteiger partial charge in [-0.1, -0.05) is 0 Å². The number of methoxy groups -OCH3 is 2. The van der Waals surface area contributed by atoms with Gasteiger partial charge in [0.25, 0.3) is 0 Å². The Morgan fingerprint density at radius 2 is 1.68 bits per heavy atom. The molecule has 0 radical (unpaired) electrons. The first-order valence-corrected chi connectivity index (χ1v) is 9.90. The van der Waals surface area contributed by atoms with Crippen molar-refractivity contribution in [3.63, 3.8) is 0 Å². The van der Waals surface area contributed by atoms with Gasteiger partial charge in [-0.15, -0.1) is 0 Å². The molecule has 2 rings (SSSR count). The summed E-state index contributed by atoms with van der Waals surface area (Å²) >= 11 is 0. The lowest BCUT2D eigenvalue weighted by Crippen LogP contribution is -2.31. The number of anilines is 1. The van der Waals surface area contributed by atoms with E-state index >= 15 is 0 Å². The molecule has 1 N–H and O–H groups in total. The second-order valence-corrected chi connectivity index (χ2v) is 7.94. The second kappa shape index (κ2) is 9.43. The van der Waals surface area contributed by atoms with Crippen molar-refractivity contribution in [2.24, 2.45) is 0 Å². The third-order valence-corrected chi connectivity index (χ3v) is 5.78. The van der Waals surface area contributed by atoms with Crippen molar-refractivity contribution in [3.05, 3.63) is 42.5 Å². The van der Waals surface area contributed by atoms with E-state index in [1.54, 1.807) is 31.4 Å². The van der Waals surface area contributed by atoms with Crippen LogP contribution in [0.25, 0.3) is 0 Å². The summed E-state index contributed by atoms with van der Waals surface area (Å²) in [5.74, 6) is 1.37. The van der Waals surface area contributed by atoms with Gasteiger partial charge in [0.2, 0.25) is 15.9 Å². The van der Waals surface area contributed by atoms with Crippen molar-refractivity contribution >= 4 is 21.6 Å². The fourth-order valence-corrected chi connectivity index (χ4v) is 3.58. The lowest BCUT2D eigenvalue weighted by molar-refractivity contribution is -0.114. The Balaban J connectivity index is 2.06. The van der Waals surface area contributed by atoms with Crippen molar-refractivity contribution in [2.45, 2.75) is 11.8 Å². The van der Waals surface area contributed by atoms with Gasteiger partial charge in [-0.05, 0) is 42.5 Å². The van der Waals surface area contributed by atoms with Crippen LogP contribution in [0.2, 0.25) is 0 Å². The number of hydrogen-bond acceptors (Lipinski definition) is 6. The van der Waals surface area contributed by atoms with Crippen LogP contribution < -0.4 is 19.5 Å². The van der Waals surface area contributed by atoms with Gasteiger partial charge in [0.15, 0.2) is 0 Å². The zero-order valence-electron chi connectivity index (χ0n) is 16.3. The highest BCUT2D eigenvalue weighted by Gasteiger charge is 2.22. The Hall–Kier alpha value is -2.78. The average Bonchev–Trinajstić information content (AvgIpc) is 2.67. The molecule has 0 aliphatic carbocycles. The molecule has 0 saturated carbocycles. The standard InChI is InChI=1S/C19H24N2O6S/c1-14(22)20-18-13-17(9-10-19(18)26-4)28(23,24)21(2)11-12-27-16-7-5-15(25-3)6-8-16/h5-10,13H,11-12H2,1-4H3,(H,20,22). The molecule has 2 aromatic carbocycles. The first kappa shape index (κ1) is 21.5. The fraction of sp³-hybridized carbons (Fsp3) is 0.316. The van der Waals surface area contributed by atoms with Crippen LogP contribution in [-0.4, -0.2) is 53.0 Å². The molecule has 0 atom stereocenters. The van der Waals surface area contributed by atoms with E-state index in [9.17, 15) is 13.2 Å². The molecule has 0 aliphatic rings. The fourth-order valence-electron chi connectivity index (χ4n) is 2.40. The summed E-state index contributed by atoms with van der Waals surface area (Å²) in [5.41, 5.74) is 0.291. The molecule has 0 aromatic heterocycles. The zero-order valence-corrected chi connectivity index (χ0v) is 17.1. The van der Waals surface area contributed by atoms with Gasteiger partial charge < -0.3 is 19.5 Å². The normalized spacial score (nSPS) is 11.2. The lowest BCUT2D eigenvalue weighted by atomic mass is 10.3. The highest BCUT2D eigenvalue weighted by atomic mass is 32.2. The predicted octanol–water partition coefficient (Wildman–Crippen LogP) is 2.36. The number of likely N-dealkylation sites (N-methyl/N-ethyl adjacent to an activating group) is 1. The molecule has 152 valence electrons. The van der Waals surface area contributed by atoms with Crippen molar-refractivity contribution in [3.8, 4) is 17.2 Å². The summed E-state index contributed by atoms with van der Waals surface area (Å²) in [7, 11) is 0.724. The largest absolute Gasteiger partial charge is 0.497 e. The Labute approximate surface area is 165 Å². The van der Waals surface area contributed by atoms with Crippen molar-refractivity contribution in [1.82, 2.24) is 4.31 Å². The van der Waals surface area contributed by atoms with E-state index in [2.05, 4.69) is 5.32 Å². The molecular weight excluding hydrogens is 384 g/mol. The highest BCUT2D eigenvalue weighted by Crippen LogP contribution is 2.28. The molecule has 9 heteroatoms. The molecule has 0 saturated heterocycles. The van der Waals surface area contributed by atoms with Crippen molar-refractivity contribution < 1.29 is 27.4 Å². The van der Waals surface area contributed by atoms with E-state index in [0.29, 0.717) is 22.9 Å². The average molecular weight is 408 g/mol. The molecule has 0 unspecified atom stereocenters. The van der Waals surface area contributed by atoms with E-state index in [1.807, 2.05) is 0 Å². The first-order valence-electron chi connectivity index (χ1n) is 8.46. The number of benzene rings is 2. The summed E-state index contributed by atoms with van der Waals surface area (Å²) in [4.78, 5) is 11.4. The Morgan fingerprint density at radius 1 is 1.04 bits per heavy atom. The van der Waals surface area contributed by atoms with Crippen LogP contribution in [0.4, 0.5) is 5.69 Å². The molecule has 0 aliphatic heterocycles. The van der Waals surface area contributed by atoms with E-state index in [-0.39, 0.29) is 24.0 Å². The molecule has 8 nitrogen and oxygen atoms in total. The number of carbonyl (C=O) groups is 1. The number of nitrogens with one attached hydrogen (secondary N) is 1. The molecular formula is C19H24N2O6S. The van der Waals surface area contributed by atoms with Gasteiger partial charge in [0, 0.05) is 20.5 Å². The number of ether oxygens (including phenoxy) is 3. The minimum absolute atomic E-state index is 0.0454. The maximum absolute atomic E-state index is 12.8. The first-order chi connectivity index (χ1) is 13.3. The van der Waals surface area contributed by atoms with Gasteiger partial charge in [-0.2, -0.15) is 4.31 Å². The molecule has 1 amide bonds. The maximum Gasteiger partial charge on any atom is 0.243 e. The third kappa shape index (κ3) is 5.37. The van der Waals surface area contributed by atoms with Gasteiger partial charge >= 0.3 is 0 Å². The molecule has 0 bridgehead atoms. The smallest absolute Gasteiger partial charge is 0.243 e. The number of sulfonamides is 1. The van der Waals surface area contributed by atoms with E-state index in [1.165, 1.54) is 43.6 Å². The van der Waals surface area contributed by atoms with Crippen molar-refractivity contribution in [2.75, 3.05) is 39.7 Å². The summed E-state index contributed by atoms with van der Waals surface area (Å²) in [6.07, 6.45) is 0. The summed E-state index contributed by atoms with van der Waals surface area (Å²) in [5, 5.41) is 2.57. The molecule has 0 heterocycles. The number of amides is 1. The van der Waals surface area contributed by atoms with E-state index in [4.69, 9.17) is 14.2 Å². The second-order valence-electron chi connectivity index (χ2n) is 5.89. The number of carbonyl (C=O) groups excluding carboxylic acids is 1. The minimum Gasteiger partial charge on any atom is -0.497 e. The van der Waals surface area contributed by atoms with Crippen LogP contribution >= 0.6 is 0 Å². The quantitative estimate of drug-likeness (QED) is 0.685. The summed E-state index contributed by atoms with van der Waals surface area (Å²) in [6.45, 7) is 1.66. The van der Waals surface area contributed by atoms with Gasteiger partial charge in [0.05, 0.1) is 24.8 Å². The van der Waals surface area contributed by atoms with Gasteiger partial charge in [0.1, 0.15) is 23.9 Å². The van der Waals surface area contributed by atoms with Crippen LogP contribution in [0, 0.1) is 0 Å². The van der Waals surface area contributed by atoms with Gasteiger partial charge in [-0.25, -0.2) is 8.42 Å². The van der Waals surface area contributed by atoms with Gasteiger partial charge in [-0.3, -0.25) is 4.79 Å². The number of hydrogen-bond donors (Lipinski definition) is 1. The van der Waals surface area contributed by atoms with Crippen LogP contribution in [0.1, 0.15) is 6.92 Å². The Kier molecular flexibility index (Phi) is 7.24. The van der Waals surface area contributed by atoms with E-state index < -0.39 is 10.0 Å².